The molecule has 6 heteroatoms. The fraction of sp³-hybridized carbons (Fsp3) is 0.143. The Morgan fingerprint density at radius 1 is 1.20 bits per heavy atom. The van der Waals surface area contributed by atoms with Gasteiger partial charge in [0.25, 0.3) is 5.91 Å². The van der Waals surface area contributed by atoms with Gasteiger partial charge in [0, 0.05) is 6.20 Å². The molecule has 0 aliphatic heterocycles. The van der Waals surface area contributed by atoms with Gasteiger partial charge in [0.15, 0.2) is 5.13 Å². The fourth-order valence-corrected chi connectivity index (χ4v) is 2.82. The van der Waals surface area contributed by atoms with E-state index < -0.39 is 0 Å². The number of nitrogens with zero attached hydrogens (tertiary/aromatic N) is 3. The van der Waals surface area contributed by atoms with E-state index in [4.69, 9.17) is 0 Å². The van der Waals surface area contributed by atoms with Gasteiger partial charge in [-0.2, -0.15) is 0 Å². The third-order valence-electron chi connectivity index (χ3n) is 2.85. The molecule has 0 aliphatic carbocycles. The van der Waals surface area contributed by atoms with Gasteiger partial charge in [-0.25, -0.2) is 15.0 Å². The molecule has 3 aromatic rings. The SMILES string of the molecule is Cc1nccc(C(=O)Nc2nc3c(C)cccc3s2)n1. The third kappa shape index (κ3) is 2.37. The van der Waals surface area contributed by atoms with Crippen LogP contribution in [0.3, 0.4) is 0 Å². The molecule has 100 valence electrons. The number of nitrogens with one attached hydrogen (secondary N) is 1. The first-order valence-corrected chi connectivity index (χ1v) is 6.92. The Morgan fingerprint density at radius 2 is 2.05 bits per heavy atom. The summed E-state index contributed by atoms with van der Waals surface area (Å²) < 4.78 is 1.05. The molecule has 0 fully saturated rings. The van der Waals surface area contributed by atoms with Gasteiger partial charge in [-0.05, 0) is 31.5 Å². The summed E-state index contributed by atoms with van der Waals surface area (Å²) in [6.07, 6.45) is 1.57. The number of para-hydroxylation sites is 1. The van der Waals surface area contributed by atoms with Crippen molar-refractivity contribution in [2.24, 2.45) is 0 Å². The number of thiazole rings is 1. The molecule has 1 amide bonds. The molecule has 1 aromatic carbocycles. The van der Waals surface area contributed by atoms with Gasteiger partial charge in [-0.3, -0.25) is 10.1 Å². The van der Waals surface area contributed by atoms with E-state index in [1.54, 1.807) is 19.2 Å². The number of anilines is 1. The molecule has 0 bridgehead atoms. The van der Waals surface area contributed by atoms with Crippen molar-refractivity contribution < 1.29 is 4.79 Å². The predicted octanol–water partition coefficient (Wildman–Crippen LogP) is 2.96. The smallest absolute Gasteiger partial charge is 0.276 e. The Kier molecular flexibility index (Phi) is 3.15. The van der Waals surface area contributed by atoms with Crippen LogP contribution in [0.5, 0.6) is 0 Å². The number of benzene rings is 1. The molecule has 0 aliphatic rings. The summed E-state index contributed by atoms with van der Waals surface area (Å²) in [7, 11) is 0. The number of amides is 1. The second-order valence-electron chi connectivity index (χ2n) is 4.38. The largest absolute Gasteiger partial charge is 0.296 e. The summed E-state index contributed by atoms with van der Waals surface area (Å²) in [4.78, 5) is 24.6. The Balaban J connectivity index is 1.89. The third-order valence-corrected chi connectivity index (χ3v) is 3.79. The van der Waals surface area contributed by atoms with E-state index in [2.05, 4.69) is 20.3 Å². The molecule has 2 aromatic heterocycles. The molecule has 0 atom stereocenters. The lowest BCUT2D eigenvalue weighted by Crippen LogP contribution is -2.14. The van der Waals surface area contributed by atoms with Gasteiger partial charge in [0.2, 0.25) is 0 Å². The maximum Gasteiger partial charge on any atom is 0.276 e. The first-order chi connectivity index (χ1) is 9.63. The van der Waals surface area contributed by atoms with Crippen molar-refractivity contribution in [2.45, 2.75) is 13.8 Å². The summed E-state index contributed by atoms with van der Waals surface area (Å²) >= 11 is 1.45. The number of carbonyl (C=O) groups excluding carboxylic acids is 1. The lowest BCUT2D eigenvalue weighted by molar-refractivity contribution is 0.102. The summed E-state index contributed by atoms with van der Waals surface area (Å²) in [6, 6.07) is 7.56. The average Bonchev–Trinajstić information content (AvgIpc) is 2.83. The minimum Gasteiger partial charge on any atom is -0.296 e. The highest BCUT2D eigenvalue weighted by molar-refractivity contribution is 7.22. The molecule has 3 rings (SSSR count). The van der Waals surface area contributed by atoms with Crippen LogP contribution in [-0.2, 0) is 0 Å². The molecule has 0 unspecified atom stereocenters. The topological polar surface area (TPSA) is 67.8 Å². The highest BCUT2D eigenvalue weighted by atomic mass is 32.1. The number of rotatable bonds is 2. The van der Waals surface area contributed by atoms with Gasteiger partial charge in [0.1, 0.15) is 11.5 Å². The average molecular weight is 284 g/mol. The minimum absolute atomic E-state index is 0.271. The van der Waals surface area contributed by atoms with Crippen molar-refractivity contribution in [3.8, 4) is 0 Å². The molecule has 0 saturated heterocycles. The monoisotopic (exact) mass is 284 g/mol. The first kappa shape index (κ1) is 12.7. The van der Waals surface area contributed by atoms with E-state index in [0.29, 0.717) is 16.6 Å². The van der Waals surface area contributed by atoms with E-state index in [0.717, 1.165) is 15.8 Å². The molecule has 2 heterocycles. The second-order valence-corrected chi connectivity index (χ2v) is 5.41. The molecule has 0 saturated carbocycles. The summed E-state index contributed by atoms with van der Waals surface area (Å²) in [5.41, 5.74) is 2.36. The van der Waals surface area contributed by atoms with Crippen molar-refractivity contribution >= 4 is 32.6 Å². The highest BCUT2D eigenvalue weighted by Gasteiger charge is 2.12. The zero-order chi connectivity index (χ0) is 14.1. The number of carbonyl (C=O) groups is 1. The number of aromatic nitrogens is 3. The van der Waals surface area contributed by atoms with Crippen molar-refractivity contribution in [3.63, 3.8) is 0 Å². The lowest BCUT2D eigenvalue weighted by atomic mass is 10.2. The zero-order valence-corrected chi connectivity index (χ0v) is 11.9. The molecule has 0 radical (unpaired) electrons. The maximum absolute atomic E-state index is 12.1. The van der Waals surface area contributed by atoms with E-state index in [1.165, 1.54) is 11.3 Å². The van der Waals surface area contributed by atoms with Crippen LogP contribution in [0.25, 0.3) is 10.2 Å². The Hall–Kier alpha value is -2.34. The summed E-state index contributed by atoms with van der Waals surface area (Å²) in [5, 5.41) is 3.36. The van der Waals surface area contributed by atoms with Gasteiger partial charge < -0.3 is 0 Å². The molecule has 5 nitrogen and oxygen atoms in total. The minimum atomic E-state index is -0.271. The highest BCUT2D eigenvalue weighted by Crippen LogP contribution is 2.27. The van der Waals surface area contributed by atoms with Crippen LogP contribution in [0.15, 0.2) is 30.5 Å². The van der Waals surface area contributed by atoms with E-state index >= 15 is 0 Å². The van der Waals surface area contributed by atoms with E-state index in [-0.39, 0.29) is 5.91 Å². The normalized spacial score (nSPS) is 10.7. The standard InChI is InChI=1S/C14H12N4OS/c1-8-4-3-5-11-12(8)17-14(20-11)18-13(19)10-6-7-15-9(2)16-10/h3-7H,1-2H3,(H,17,18,19). The fourth-order valence-electron chi connectivity index (χ4n) is 1.88. The van der Waals surface area contributed by atoms with E-state index in [9.17, 15) is 4.79 Å². The van der Waals surface area contributed by atoms with Gasteiger partial charge in [-0.15, -0.1) is 0 Å². The summed E-state index contributed by atoms with van der Waals surface area (Å²) in [6.45, 7) is 3.75. The van der Waals surface area contributed by atoms with Gasteiger partial charge in [0.05, 0.1) is 10.2 Å². The van der Waals surface area contributed by atoms with Crippen LogP contribution in [0, 0.1) is 13.8 Å². The number of hydrogen-bond acceptors (Lipinski definition) is 5. The van der Waals surface area contributed by atoms with E-state index in [1.807, 2.05) is 25.1 Å². The first-order valence-electron chi connectivity index (χ1n) is 6.10. The molecule has 1 N–H and O–H groups in total. The molecule has 20 heavy (non-hydrogen) atoms. The Bertz CT molecular complexity index is 797. The predicted molar refractivity (Wildman–Crippen MR) is 79.1 cm³/mol. The number of hydrogen-bond donors (Lipinski definition) is 1. The van der Waals surface area contributed by atoms with Crippen LogP contribution >= 0.6 is 11.3 Å². The van der Waals surface area contributed by atoms with Crippen LogP contribution in [-0.4, -0.2) is 20.9 Å². The van der Waals surface area contributed by atoms with Crippen molar-refractivity contribution in [2.75, 3.05) is 5.32 Å². The Morgan fingerprint density at radius 3 is 2.80 bits per heavy atom. The van der Waals surface area contributed by atoms with Gasteiger partial charge >= 0.3 is 0 Å². The van der Waals surface area contributed by atoms with Crippen LogP contribution < -0.4 is 5.32 Å². The molecule has 0 spiro atoms. The van der Waals surface area contributed by atoms with Crippen LogP contribution in [0.2, 0.25) is 0 Å². The second kappa shape index (κ2) is 4.97. The quantitative estimate of drug-likeness (QED) is 0.785. The molecular formula is C14H12N4OS. The number of fused-ring (bicyclic) bond motifs is 1. The lowest BCUT2D eigenvalue weighted by Gasteiger charge is -2.00. The van der Waals surface area contributed by atoms with Crippen LogP contribution in [0.1, 0.15) is 21.9 Å². The summed E-state index contributed by atoms with van der Waals surface area (Å²) in [5.74, 6) is 0.296. The van der Waals surface area contributed by atoms with Crippen LogP contribution in [0.4, 0.5) is 5.13 Å². The van der Waals surface area contributed by atoms with Crippen molar-refractivity contribution in [1.29, 1.82) is 0 Å². The molecular weight excluding hydrogens is 272 g/mol. The number of aryl methyl sites for hydroxylation is 2. The van der Waals surface area contributed by atoms with Crippen molar-refractivity contribution in [1.82, 2.24) is 15.0 Å². The Labute approximate surface area is 119 Å². The van der Waals surface area contributed by atoms with Crippen molar-refractivity contribution in [3.05, 3.63) is 47.5 Å². The maximum atomic E-state index is 12.1. The van der Waals surface area contributed by atoms with Gasteiger partial charge in [-0.1, -0.05) is 23.5 Å². The zero-order valence-electron chi connectivity index (χ0n) is 11.0.